The summed E-state index contributed by atoms with van der Waals surface area (Å²) in [5, 5.41) is 3.02. The molecule has 1 aliphatic rings. The number of hydrogen-bond acceptors (Lipinski definition) is 4. The van der Waals surface area contributed by atoms with Gasteiger partial charge in [-0.2, -0.15) is 0 Å². The number of rotatable bonds is 7. The zero-order valence-corrected chi connectivity index (χ0v) is 17.6. The molecule has 1 N–H and O–H groups in total. The Bertz CT molecular complexity index is 875. The van der Waals surface area contributed by atoms with Crippen LogP contribution in [-0.2, 0) is 9.59 Å². The van der Waals surface area contributed by atoms with Gasteiger partial charge in [-0.05, 0) is 75.2 Å². The van der Waals surface area contributed by atoms with E-state index in [0.717, 1.165) is 30.0 Å². The van der Waals surface area contributed by atoms with Crippen molar-refractivity contribution in [2.24, 2.45) is 0 Å². The van der Waals surface area contributed by atoms with Crippen molar-refractivity contribution < 1.29 is 14.3 Å². The van der Waals surface area contributed by atoms with Crippen molar-refractivity contribution in [1.29, 1.82) is 0 Å². The topological polar surface area (TPSA) is 61.9 Å². The Kier molecular flexibility index (Phi) is 6.42. The first kappa shape index (κ1) is 20.7. The SMILES string of the molecule is CCN(CC)c1ccc(NC(=O)C2CCC(=O)N2c2ccc(OC)cc2)c(C)c1. The fourth-order valence-corrected chi connectivity index (χ4v) is 3.79. The number of carbonyl (C=O) groups excluding carboxylic acids is 2. The minimum atomic E-state index is -0.516. The molecular weight excluding hydrogens is 366 g/mol. The molecule has 0 aliphatic carbocycles. The average molecular weight is 396 g/mol. The van der Waals surface area contributed by atoms with E-state index in [9.17, 15) is 9.59 Å². The fraction of sp³-hybridized carbons (Fsp3) is 0.391. The molecule has 2 aromatic rings. The van der Waals surface area contributed by atoms with Gasteiger partial charge in [0, 0.05) is 36.6 Å². The van der Waals surface area contributed by atoms with Gasteiger partial charge in [-0.25, -0.2) is 0 Å². The Morgan fingerprint density at radius 2 is 1.86 bits per heavy atom. The van der Waals surface area contributed by atoms with Gasteiger partial charge < -0.3 is 15.0 Å². The number of amides is 2. The fourth-order valence-electron chi connectivity index (χ4n) is 3.79. The van der Waals surface area contributed by atoms with Crippen LogP contribution in [0.25, 0.3) is 0 Å². The van der Waals surface area contributed by atoms with E-state index in [2.05, 4.69) is 30.1 Å². The Morgan fingerprint density at radius 3 is 2.45 bits per heavy atom. The van der Waals surface area contributed by atoms with Gasteiger partial charge in [0.05, 0.1) is 7.11 Å². The molecule has 1 saturated heterocycles. The van der Waals surface area contributed by atoms with Gasteiger partial charge in [-0.15, -0.1) is 0 Å². The molecule has 0 saturated carbocycles. The summed E-state index contributed by atoms with van der Waals surface area (Å²) in [4.78, 5) is 29.3. The summed E-state index contributed by atoms with van der Waals surface area (Å²) in [6.45, 7) is 8.10. The van der Waals surface area contributed by atoms with Gasteiger partial charge in [0.15, 0.2) is 0 Å². The number of nitrogens with one attached hydrogen (secondary N) is 1. The lowest BCUT2D eigenvalue weighted by molar-refractivity contribution is -0.120. The van der Waals surface area contributed by atoms with Gasteiger partial charge in [-0.3, -0.25) is 14.5 Å². The number of nitrogens with zero attached hydrogens (tertiary/aromatic N) is 2. The molecule has 0 radical (unpaired) electrons. The molecular formula is C23H29N3O3. The van der Waals surface area contributed by atoms with Crippen molar-refractivity contribution in [1.82, 2.24) is 0 Å². The standard InChI is InChI=1S/C23H29N3O3/c1-5-25(6-2)18-9-12-20(16(3)15-18)24-23(28)21-13-14-22(27)26(21)17-7-10-19(29-4)11-8-17/h7-12,15,21H,5-6,13-14H2,1-4H3,(H,24,28). The number of carbonyl (C=O) groups is 2. The smallest absolute Gasteiger partial charge is 0.247 e. The van der Waals surface area contributed by atoms with Crippen molar-refractivity contribution in [2.75, 3.05) is 35.3 Å². The highest BCUT2D eigenvalue weighted by atomic mass is 16.5. The second kappa shape index (κ2) is 8.99. The number of benzene rings is 2. The average Bonchev–Trinajstić information content (AvgIpc) is 3.12. The highest BCUT2D eigenvalue weighted by molar-refractivity contribution is 6.07. The van der Waals surface area contributed by atoms with Crippen LogP contribution in [0.3, 0.4) is 0 Å². The van der Waals surface area contributed by atoms with Crippen molar-refractivity contribution in [2.45, 2.75) is 39.7 Å². The third-order valence-electron chi connectivity index (χ3n) is 5.46. The van der Waals surface area contributed by atoms with Crippen molar-refractivity contribution in [3.63, 3.8) is 0 Å². The first-order valence-electron chi connectivity index (χ1n) is 10.1. The molecule has 154 valence electrons. The molecule has 1 fully saturated rings. The monoisotopic (exact) mass is 395 g/mol. The largest absolute Gasteiger partial charge is 0.497 e. The Labute approximate surface area is 172 Å². The Balaban J connectivity index is 1.77. The first-order valence-corrected chi connectivity index (χ1v) is 10.1. The lowest BCUT2D eigenvalue weighted by Gasteiger charge is -2.25. The quantitative estimate of drug-likeness (QED) is 0.770. The summed E-state index contributed by atoms with van der Waals surface area (Å²) in [6, 6.07) is 12.8. The zero-order valence-electron chi connectivity index (χ0n) is 17.6. The molecule has 1 unspecified atom stereocenters. The molecule has 1 heterocycles. The van der Waals surface area contributed by atoms with Crippen LogP contribution in [0.1, 0.15) is 32.3 Å². The second-order valence-corrected chi connectivity index (χ2v) is 7.18. The van der Waals surface area contributed by atoms with E-state index < -0.39 is 6.04 Å². The van der Waals surface area contributed by atoms with Crippen LogP contribution < -0.4 is 19.9 Å². The number of methoxy groups -OCH3 is 1. The number of anilines is 3. The van der Waals surface area contributed by atoms with E-state index in [1.165, 1.54) is 0 Å². The molecule has 0 bridgehead atoms. The molecule has 0 aromatic heterocycles. The van der Waals surface area contributed by atoms with E-state index in [4.69, 9.17) is 4.74 Å². The van der Waals surface area contributed by atoms with Crippen molar-refractivity contribution in [3.05, 3.63) is 48.0 Å². The van der Waals surface area contributed by atoms with Crippen molar-refractivity contribution in [3.8, 4) is 5.75 Å². The van der Waals surface area contributed by atoms with Gasteiger partial charge >= 0.3 is 0 Å². The van der Waals surface area contributed by atoms with Crippen LogP contribution in [-0.4, -0.2) is 38.1 Å². The van der Waals surface area contributed by atoms with E-state index >= 15 is 0 Å². The summed E-state index contributed by atoms with van der Waals surface area (Å²) >= 11 is 0. The molecule has 0 spiro atoms. The summed E-state index contributed by atoms with van der Waals surface area (Å²) in [6.07, 6.45) is 0.872. The minimum absolute atomic E-state index is 0.0380. The second-order valence-electron chi connectivity index (χ2n) is 7.18. The normalized spacial score (nSPS) is 16.1. The van der Waals surface area contributed by atoms with Crippen LogP contribution >= 0.6 is 0 Å². The van der Waals surface area contributed by atoms with E-state index in [1.54, 1.807) is 24.1 Å². The number of hydrogen-bond donors (Lipinski definition) is 1. The number of ether oxygens (including phenoxy) is 1. The Hall–Kier alpha value is -3.02. The highest BCUT2D eigenvalue weighted by Crippen LogP contribution is 2.30. The maximum atomic E-state index is 13.0. The lowest BCUT2D eigenvalue weighted by Crippen LogP contribution is -2.41. The van der Waals surface area contributed by atoms with Gasteiger partial charge in [-0.1, -0.05) is 0 Å². The van der Waals surface area contributed by atoms with E-state index in [-0.39, 0.29) is 11.8 Å². The summed E-state index contributed by atoms with van der Waals surface area (Å²) < 4.78 is 5.18. The summed E-state index contributed by atoms with van der Waals surface area (Å²) in [5.41, 5.74) is 3.63. The van der Waals surface area contributed by atoms with Gasteiger partial charge in [0.2, 0.25) is 11.8 Å². The third-order valence-corrected chi connectivity index (χ3v) is 5.46. The van der Waals surface area contributed by atoms with Crippen LogP contribution in [0.4, 0.5) is 17.1 Å². The molecule has 1 atom stereocenters. The Morgan fingerprint density at radius 1 is 1.17 bits per heavy atom. The zero-order chi connectivity index (χ0) is 21.0. The molecule has 3 rings (SSSR count). The van der Waals surface area contributed by atoms with Crippen LogP contribution in [0.15, 0.2) is 42.5 Å². The van der Waals surface area contributed by atoms with Crippen molar-refractivity contribution >= 4 is 28.9 Å². The summed E-state index contributed by atoms with van der Waals surface area (Å²) in [7, 11) is 1.60. The van der Waals surface area contributed by atoms with E-state index in [0.29, 0.717) is 24.3 Å². The molecule has 2 aromatic carbocycles. The highest BCUT2D eigenvalue weighted by Gasteiger charge is 2.37. The molecule has 2 amide bonds. The minimum Gasteiger partial charge on any atom is -0.497 e. The van der Waals surface area contributed by atoms with Gasteiger partial charge in [0.25, 0.3) is 0 Å². The third kappa shape index (κ3) is 4.36. The van der Waals surface area contributed by atoms with Crippen LogP contribution in [0.5, 0.6) is 5.75 Å². The maximum absolute atomic E-state index is 13.0. The molecule has 6 nitrogen and oxygen atoms in total. The van der Waals surface area contributed by atoms with Crippen LogP contribution in [0, 0.1) is 6.92 Å². The van der Waals surface area contributed by atoms with E-state index in [1.807, 2.05) is 31.2 Å². The predicted octanol–water partition coefficient (Wildman–Crippen LogP) is 3.98. The first-order chi connectivity index (χ1) is 14.0. The summed E-state index contributed by atoms with van der Waals surface area (Å²) in [5.74, 6) is 0.514. The number of aryl methyl sites for hydroxylation is 1. The predicted molar refractivity (Wildman–Crippen MR) is 117 cm³/mol. The lowest BCUT2D eigenvalue weighted by atomic mass is 10.1. The maximum Gasteiger partial charge on any atom is 0.247 e. The van der Waals surface area contributed by atoms with Gasteiger partial charge in [0.1, 0.15) is 11.8 Å². The molecule has 29 heavy (non-hydrogen) atoms. The molecule has 6 heteroatoms. The molecule has 1 aliphatic heterocycles. The van der Waals surface area contributed by atoms with Crippen LogP contribution in [0.2, 0.25) is 0 Å².